The monoisotopic (exact) mass is 427 g/mol. The van der Waals surface area contributed by atoms with Gasteiger partial charge >= 0.3 is 5.97 Å². The van der Waals surface area contributed by atoms with Crippen molar-refractivity contribution in [1.82, 2.24) is 0 Å². The molecule has 0 unspecified atom stereocenters. The summed E-state index contributed by atoms with van der Waals surface area (Å²) in [5.41, 5.74) is 2.64. The number of carbonyl (C=O) groups excluding carboxylic acids is 1. The lowest BCUT2D eigenvalue weighted by Gasteiger charge is -2.26. The molecule has 0 fully saturated rings. The summed E-state index contributed by atoms with van der Waals surface area (Å²) in [6.07, 6.45) is 0. The van der Waals surface area contributed by atoms with E-state index < -0.39 is 11.9 Å². The second-order valence-electron chi connectivity index (χ2n) is 9.50. The van der Waals surface area contributed by atoms with E-state index in [-0.39, 0.29) is 22.3 Å². The van der Waals surface area contributed by atoms with E-state index in [1.54, 1.807) is 18.2 Å². The molecule has 2 aromatic carbocycles. The summed E-state index contributed by atoms with van der Waals surface area (Å²) in [6.45, 7) is 12.5. The van der Waals surface area contributed by atoms with E-state index in [9.17, 15) is 14.7 Å². The molecular weight excluding hydrogens is 402 g/mol. The summed E-state index contributed by atoms with van der Waals surface area (Å²) in [5.74, 6) is -2.00. The molecule has 0 aliphatic rings. The predicted octanol–water partition coefficient (Wildman–Crippen LogP) is 6.63. The van der Waals surface area contributed by atoms with Crippen molar-refractivity contribution in [3.63, 3.8) is 0 Å². The smallest absolute Gasteiger partial charge is 0.374 e. The van der Waals surface area contributed by atoms with Gasteiger partial charge in [0.05, 0.1) is 0 Å². The average Bonchev–Trinajstić information content (AvgIpc) is 2.98. The van der Waals surface area contributed by atoms with Crippen molar-refractivity contribution in [2.45, 2.75) is 52.4 Å². The Morgan fingerprint density at radius 3 is 2.00 bits per heavy atom. The third-order valence-corrected chi connectivity index (χ3v) is 5.25. The number of carboxylic acids is 1. The molecule has 6 heteroatoms. The van der Waals surface area contributed by atoms with Crippen molar-refractivity contribution in [3.8, 4) is 0 Å². The van der Waals surface area contributed by atoms with Crippen LogP contribution in [0.1, 0.15) is 73.6 Å². The summed E-state index contributed by atoms with van der Waals surface area (Å²) in [7, 11) is 0. The number of aromatic carboxylic acids is 1. The van der Waals surface area contributed by atoms with Gasteiger partial charge in [-0.15, -0.1) is 0 Å². The van der Waals surface area contributed by atoms with E-state index in [1.807, 2.05) is 12.1 Å². The van der Waals surface area contributed by atoms with Gasteiger partial charge in [0.2, 0.25) is 5.76 Å². The number of hydrogen-bond donors (Lipinski definition) is 2. The van der Waals surface area contributed by atoms with Gasteiger partial charge in [-0.1, -0.05) is 59.2 Å². The first-order valence-corrected chi connectivity index (χ1v) is 10.1. The van der Waals surface area contributed by atoms with E-state index in [0.717, 1.165) is 11.1 Å². The highest BCUT2D eigenvalue weighted by Gasteiger charge is 2.25. The normalized spacial score (nSPS) is 12.2. The molecule has 3 aromatic rings. The fraction of sp³-hybridized carbons (Fsp3) is 0.333. The van der Waals surface area contributed by atoms with Crippen LogP contribution < -0.4 is 5.32 Å². The molecule has 0 aliphatic heterocycles. The van der Waals surface area contributed by atoms with E-state index in [0.29, 0.717) is 21.6 Å². The van der Waals surface area contributed by atoms with Crippen molar-refractivity contribution in [2.24, 2.45) is 0 Å². The summed E-state index contributed by atoms with van der Waals surface area (Å²) in [4.78, 5) is 24.9. The van der Waals surface area contributed by atoms with Crippen molar-refractivity contribution in [3.05, 3.63) is 63.9 Å². The molecule has 0 atom stereocenters. The van der Waals surface area contributed by atoms with Crippen LogP contribution >= 0.6 is 11.6 Å². The number of nitrogens with one attached hydrogen (secondary N) is 1. The van der Waals surface area contributed by atoms with Crippen LogP contribution in [0.3, 0.4) is 0 Å². The number of anilines is 1. The highest BCUT2D eigenvalue weighted by molar-refractivity contribution is 6.31. The minimum absolute atomic E-state index is 0.100. The lowest BCUT2D eigenvalue weighted by molar-refractivity contribution is 0.0666. The zero-order valence-corrected chi connectivity index (χ0v) is 18.8. The maximum Gasteiger partial charge on any atom is 0.374 e. The lowest BCUT2D eigenvalue weighted by Crippen LogP contribution is -2.20. The minimum Gasteiger partial charge on any atom is -0.475 e. The number of carboxylic acid groups (broad SMARTS) is 1. The molecule has 5 nitrogen and oxygen atoms in total. The van der Waals surface area contributed by atoms with Crippen LogP contribution in [0.4, 0.5) is 5.69 Å². The molecule has 0 saturated carbocycles. The van der Waals surface area contributed by atoms with Crippen LogP contribution in [-0.2, 0) is 10.8 Å². The molecule has 2 N–H and O–H groups in total. The standard InChI is InChI=1S/C24H26ClNO4/c1-23(2,3)14-9-13(10-15(11-14)24(4,5)6)21(27)26-19-17-12-16(25)7-8-18(17)30-20(19)22(28)29/h7-12H,1-6H3,(H,26,27)(H,28,29). The van der Waals surface area contributed by atoms with E-state index >= 15 is 0 Å². The molecule has 0 spiro atoms. The van der Waals surface area contributed by atoms with Crippen molar-refractivity contribution < 1.29 is 19.1 Å². The number of rotatable bonds is 3. The van der Waals surface area contributed by atoms with Gasteiger partial charge in [-0.3, -0.25) is 4.79 Å². The minimum atomic E-state index is -1.27. The van der Waals surface area contributed by atoms with Gasteiger partial charge in [0.15, 0.2) is 0 Å². The van der Waals surface area contributed by atoms with Crippen LogP contribution in [-0.4, -0.2) is 17.0 Å². The molecular formula is C24H26ClNO4. The molecule has 1 amide bonds. The van der Waals surface area contributed by atoms with Crippen molar-refractivity contribution in [2.75, 3.05) is 5.32 Å². The van der Waals surface area contributed by atoms with E-state index in [4.69, 9.17) is 16.0 Å². The van der Waals surface area contributed by atoms with Crippen LogP contribution in [0.25, 0.3) is 11.0 Å². The average molecular weight is 428 g/mol. The molecule has 30 heavy (non-hydrogen) atoms. The first-order valence-electron chi connectivity index (χ1n) is 9.70. The zero-order chi connectivity index (χ0) is 22.4. The first-order chi connectivity index (χ1) is 13.8. The molecule has 3 rings (SSSR count). The highest BCUT2D eigenvalue weighted by Crippen LogP contribution is 2.34. The Hall–Kier alpha value is -2.79. The Bertz CT molecular complexity index is 1110. The van der Waals surface area contributed by atoms with E-state index in [1.165, 1.54) is 0 Å². The van der Waals surface area contributed by atoms with Gasteiger partial charge < -0.3 is 14.8 Å². The summed E-state index contributed by atoms with van der Waals surface area (Å²) < 4.78 is 5.44. The third kappa shape index (κ3) is 4.36. The largest absolute Gasteiger partial charge is 0.475 e. The molecule has 0 aliphatic carbocycles. The Morgan fingerprint density at radius 1 is 0.933 bits per heavy atom. The number of furan rings is 1. The van der Waals surface area contributed by atoms with Gasteiger partial charge in [-0.2, -0.15) is 0 Å². The Labute approximate surface area is 181 Å². The van der Waals surface area contributed by atoms with Crippen LogP contribution in [0, 0.1) is 0 Å². The second-order valence-corrected chi connectivity index (χ2v) is 9.94. The number of halogens is 1. The van der Waals surface area contributed by atoms with Crippen molar-refractivity contribution in [1.29, 1.82) is 0 Å². The van der Waals surface area contributed by atoms with Crippen LogP contribution in [0.2, 0.25) is 5.02 Å². The maximum atomic E-state index is 13.2. The quantitative estimate of drug-likeness (QED) is 0.491. The maximum absolute atomic E-state index is 13.2. The van der Waals surface area contributed by atoms with Gasteiger partial charge in [0.1, 0.15) is 11.3 Å². The number of hydrogen-bond acceptors (Lipinski definition) is 3. The van der Waals surface area contributed by atoms with Gasteiger partial charge in [-0.25, -0.2) is 4.79 Å². The summed E-state index contributed by atoms with van der Waals surface area (Å²) >= 11 is 6.07. The molecule has 158 valence electrons. The molecule has 1 aromatic heterocycles. The molecule has 0 radical (unpaired) electrons. The zero-order valence-electron chi connectivity index (χ0n) is 18.0. The van der Waals surface area contributed by atoms with Gasteiger partial charge in [0.25, 0.3) is 5.91 Å². The van der Waals surface area contributed by atoms with Crippen LogP contribution in [0.15, 0.2) is 40.8 Å². The molecule has 1 heterocycles. The predicted molar refractivity (Wildman–Crippen MR) is 120 cm³/mol. The number of fused-ring (bicyclic) bond motifs is 1. The SMILES string of the molecule is CC(C)(C)c1cc(C(=O)Nc2c(C(=O)O)oc3ccc(Cl)cc23)cc(C(C)(C)C)c1. The number of carbonyl (C=O) groups is 2. The topological polar surface area (TPSA) is 79.5 Å². The third-order valence-electron chi connectivity index (χ3n) is 5.01. The lowest BCUT2D eigenvalue weighted by atomic mass is 9.79. The fourth-order valence-corrected chi connectivity index (χ4v) is 3.33. The number of benzene rings is 2. The van der Waals surface area contributed by atoms with Crippen LogP contribution in [0.5, 0.6) is 0 Å². The Balaban J connectivity index is 2.12. The number of amides is 1. The summed E-state index contributed by atoms with van der Waals surface area (Å²) in [5, 5.41) is 13.1. The fourth-order valence-electron chi connectivity index (χ4n) is 3.15. The first kappa shape index (κ1) is 21.9. The van der Waals surface area contributed by atoms with Gasteiger partial charge in [-0.05, 0) is 52.3 Å². The Kier molecular flexibility index (Phi) is 5.46. The highest BCUT2D eigenvalue weighted by atomic mass is 35.5. The van der Waals surface area contributed by atoms with Gasteiger partial charge in [0, 0.05) is 16.0 Å². The molecule has 0 saturated heterocycles. The Morgan fingerprint density at radius 2 is 1.50 bits per heavy atom. The summed E-state index contributed by atoms with van der Waals surface area (Å²) in [6, 6.07) is 10.6. The van der Waals surface area contributed by atoms with Crippen molar-refractivity contribution >= 4 is 40.1 Å². The molecule has 0 bridgehead atoms. The second kappa shape index (κ2) is 7.47. The van der Waals surface area contributed by atoms with E-state index in [2.05, 4.69) is 52.9 Å².